The first-order chi connectivity index (χ1) is 9.26. The number of nitrogens with one attached hydrogen (secondary N) is 1. The minimum absolute atomic E-state index is 0.0854. The molecular weight excluding hydrogens is 254 g/mol. The monoisotopic (exact) mass is 279 g/mol. The normalized spacial score (nSPS) is 13.9. The van der Waals surface area contributed by atoms with Gasteiger partial charge in [-0.3, -0.25) is 4.79 Å². The molecule has 112 valence electrons. The molecule has 0 aromatic heterocycles. The van der Waals surface area contributed by atoms with E-state index < -0.39 is 5.60 Å². The second kappa shape index (κ2) is 6.75. The van der Waals surface area contributed by atoms with Gasteiger partial charge in [0.05, 0.1) is 19.1 Å². The maximum absolute atomic E-state index is 11.9. The van der Waals surface area contributed by atoms with Crippen molar-refractivity contribution in [3.05, 3.63) is 29.3 Å². The van der Waals surface area contributed by atoms with Gasteiger partial charge in [-0.1, -0.05) is 26.0 Å². The van der Waals surface area contributed by atoms with E-state index in [-0.39, 0.29) is 24.8 Å². The summed E-state index contributed by atoms with van der Waals surface area (Å²) in [6, 6.07) is 5.72. The summed E-state index contributed by atoms with van der Waals surface area (Å²) >= 11 is 0. The van der Waals surface area contributed by atoms with Gasteiger partial charge in [-0.25, -0.2) is 0 Å². The molecule has 0 aliphatic rings. The number of benzene rings is 1. The summed E-state index contributed by atoms with van der Waals surface area (Å²) in [5.41, 5.74) is 1.05. The zero-order valence-corrected chi connectivity index (χ0v) is 13.0. The second-order valence-corrected chi connectivity index (χ2v) is 5.77. The van der Waals surface area contributed by atoms with Crippen molar-refractivity contribution in [3.63, 3.8) is 0 Å². The standard InChI is InChI=1S/C16H25NO3/c1-11(2)16(4,19)10-17-15(18)9-13-7-6-12(3)14(8-13)20-5/h6-8,11,19H,9-10H2,1-5H3,(H,17,18). The largest absolute Gasteiger partial charge is 0.496 e. The molecular formula is C16H25NO3. The van der Waals surface area contributed by atoms with Crippen LogP contribution in [0.15, 0.2) is 18.2 Å². The molecule has 0 aliphatic heterocycles. The van der Waals surface area contributed by atoms with Crippen LogP contribution in [0.3, 0.4) is 0 Å². The molecule has 0 heterocycles. The number of methoxy groups -OCH3 is 1. The molecule has 0 saturated heterocycles. The van der Waals surface area contributed by atoms with Gasteiger partial charge in [0.15, 0.2) is 0 Å². The summed E-state index contributed by atoms with van der Waals surface area (Å²) in [5, 5.41) is 12.9. The third-order valence-electron chi connectivity index (χ3n) is 3.72. The summed E-state index contributed by atoms with van der Waals surface area (Å²) in [7, 11) is 1.62. The molecule has 20 heavy (non-hydrogen) atoms. The number of hydrogen-bond acceptors (Lipinski definition) is 3. The van der Waals surface area contributed by atoms with Gasteiger partial charge < -0.3 is 15.2 Å². The Kier molecular flexibility index (Phi) is 5.57. The Morgan fingerprint density at radius 2 is 2.10 bits per heavy atom. The van der Waals surface area contributed by atoms with Crippen molar-refractivity contribution in [2.24, 2.45) is 5.92 Å². The average molecular weight is 279 g/mol. The molecule has 1 aromatic carbocycles. The van der Waals surface area contributed by atoms with Crippen LogP contribution in [0.1, 0.15) is 31.9 Å². The Labute approximate surface area is 121 Å². The third-order valence-corrected chi connectivity index (χ3v) is 3.72. The average Bonchev–Trinajstić information content (AvgIpc) is 2.38. The third kappa shape index (κ3) is 4.53. The van der Waals surface area contributed by atoms with Crippen LogP contribution in [0, 0.1) is 12.8 Å². The first-order valence-corrected chi connectivity index (χ1v) is 6.89. The van der Waals surface area contributed by atoms with E-state index in [0.29, 0.717) is 0 Å². The molecule has 0 fully saturated rings. The number of ether oxygens (including phenoxy) is 1. The van der Waals surface area contributed by atoms with Crippen LogP contribution >= 0.6 is 0 Å². The molecule has 0 spiro atoms. The van der Waals surface area contributed by atoms with E-state index >= 15 is 0 Å². The van der Waals surface area contributed by atoms with E-state index in [1.807, 2.05) is 39.0 Å². The molecule has 1 aromatic rings. The molecule has 0 radical (unpaired) electrons. The minimum Gasteiger partial charge on any atom is -0.496 e. The van der Waals surface area contributed by atoms with Gasteiger partial charge in [-0.2, -0.15) is 0 Å². The number of carbonyl (C=O) groups is 1. The lowest BCUT2D eigenvalue weighted by Crippen LogP contribution is -2.44. The number of amides is 1. The van der Waals surface area contributed by atoms with Crippen molar-refractivity contribution in [2.75, 3.05) is 13.7 Å². The summed E-state index contributed by atoms with van der Waals surface area (Å²) in [6.45, 7) is 7.80. The number of rotatable bonds is 6. The zero-order valence-electron chi connectivity index (χ0n) is 13.0. The van der Waals surface area contributed by atoms with Crippen molar-refractivity contribution >= 4 is 5.91 Å². The lowest BCUT2D eigenvalue weighted by Gasteiger charge is -2.27. The molecule has 4 nitrogen and oxygen atoms in total. The summed E-state index contributed by atoms with van der Waals surface area (Å²) in [6.07, 6.45) is 0.283. The van der Waals surface area contributed by atoms with Crippen LogP contribution in [0.5, 0.6) is 5.75 Å². The van der Waals surface area contributed by atoms with Gasteiger partial charge in [0.2, 0.25) is 5.91 Å². The molecule has 2 N–H and O–H groups in total. The Hall–Kier alpha value is -1.55. The van der Waals surface area contributed by atoms with E-state index in [2.05, 4.69) is 5.32 Å². The fraction of sp³-hybridized carbons (Fsp3) is 0.562. The molecule has 1 amide bonds. The SMILES string of the molecule is COc1cc(CC(=O)NCC(C)(O)C(C)C)ccc1C. The van der Waals surface area contributed by atoms with E-state index in [9.17, 15) is 9.90 Å². The minimum atomic E-state index is -0.888. The number of aryl methyl sites for hydroxylation is 1. The van der Waals surface area contributed by atoms with Gasteiger partial charge >= 0.3 is 0 Å². The zero-order chi connectivity index (χ0) is 15.3. The first-order valence-electron chi connectivity index (χ1n) is 6.89. The predicted molar refractivity (Wildman–Crippen MR) is 79.9 cm³/mol. The van der Waals surface area contributed by atoms with Gasteiger partial charge in [0, 0.05) is 6.54 Å². The quantitative estimate of drug-likeness (QED) is 0.838. The summed E-state index contributed by atoms with van der Waals surface area (Å²) in [4.78, 5) is 11.9. The number of carbonyl (C=O) groups excluding carboxylic acids is 1. The van der Waals surface area contributed by atoms with E-state index in [1.165, 1.54) is 0 Å². The highest BCUT2D eigenvalue weighted by molar-refractivity contribution is 5.78. The van der Waals surface area contributed by atoms with Gasteiger partial charge in [-0.15, -0.1) is 0 Å². The van der Waals surface area contributed by atoms with Crippen LogP contribution in [0.4, 0.5) is 0 Å². The lowest BCUT2D eigenvalue weighted by atomic mass is 9.92. The molecule has 0 saturated carbocycles. The fourth-order valence-corrected chi connectivity index (χ4v) is 1.70. The predicted octanol–water partition coefficient (Wildman–Crippen LogP) is 2.07. The highest BCUT2D eigenvalue weighted by Crippen LogP contribution is 2.19. The molecule has 1 atom stereocenters. The Bertz CT molecular complexity index is 467. The molecule has 0 bridgehead atoms. The maximum atomic E-state index is 11.9. The maximum Gasteiger partial charge on any atom is 0.224 e. The van der Waals surface area contributed by atoms with Gasteiger partial charge in [0.1, 0.15) is 5.75 Å². The highest BCUT2D eigenvalue weighted by atomic mass is 16.5. The topological polar surface area (TPSA) is 58.6 Å². The van der Waals surface area contributed by atoms with E-state index in [4.69, 9.17) is 4.74 Å². The Morgan fingerprint density at radius 3 is 2.65 bits per heavy atom. The molecule has 4 heteroatoms. The van der Waals surface area contributed by atoms with Gasteiger partial charge in [0.25, 0.3) is 0 Å². The highest BCUT2D eigenvalue weighted by Gasteiger charge is 2.25. The second-order valence-electron chi connectivity index (χ2n) is 5.77. The Morgan fingerprint density at radius 1 is 1.45 bits per heavy atom. The van der Waals surface area contributed by atoms with Crippen LogP contribution in [-0.4, -0.2) is 30.3 Å². The molecule has 1 rings (SSSR count). The number of aliphatic hydroxyl groups is 1. The van der Waals surface area contributed by atoms with Crippen LogP contribution in [-0.2, 0) is 11.2 Å². The number of hydrogen-bond donors (Lipinski definition) is 2. The lowest BCUT2D eigenvalue weighted by molar-refractivity contribution is -0.122. The fourth-order valence-electron chi connectivity index (χ4n) is 1.70. The summed E-state index contributed by atoms with van der Waals surface area (Å²) < 4.78 is 5.24. The van der Waals surface area contributed by atoms with Crippen LogP contribution in [0.25, 0.3) is 0 Å². The van der Waals surface area contributed by atoms with Crippen molar-refractivity contribution in [2.45, 2.75) is 39.7 Å². The van der Waals surface area contributed by atoms with Crippen LogP contribution < -0.4 is 10.1 Å². The van der Waals surface area contributed by atoms with Crippen molar-refractivity contribution in [1.82, 2.24) is 5.32 Å². The van der Waals surface area contributed by atoms with E-state index in [0.717, 1.165) is 16.9 Å². The van der Waals surface area contributed by atoms with Crippen molar-refractivity contribution in [1.29, 1.82) is 0 Å². The van der Waals surface area contributed by atoms with Crippen molar-refractivity contribution < 1.29 is 14.6 Å². The molecule has 1 unspecified atom stereocenters. The smallest absolute Gasteiger partial charge is 0.224 e. The molecule has 0 aliphatic carbocycles. The van der Waals surface area contributed by atoms with Gasteiger partial charge in [-0.05, 0) is 37.0 Å². The van der Waals surface area contributed by atoms with Crippen LogP contribution in [0.2, 0.25) is 0 Å². The first kappa shape index (κ1) is 16.5. The van der Waals surface area contributed by atoms with E-state index in [1.54, 1.807) is 14.0 Å². The summed E-state index contributed by atoms with van der Waals surface area (Å²) in [5.74, 6) is 0.767. The Balaban J connectivity index is 2.59. The van der Waals surface area contributed by atoms with Crippen molar-refractivity contribution in [3.8, 4) is 5.75 Å².